The second kappa shape index (κ2) is 8.90. The zero-order valence-corrected chi connectivity index (χ0v) is 16.6. The lowest BCUT2D eigenvalue weighted by molar-refractivity contribution is -0.155. The summed E-state index contributed by atoms with van der Waals surface area (Å²) < 4.78 is 9.84. The van der Waals surface area contributed by atoms with Gasteiger partial charge in [0.15, 0.2) is 0 Å². The highest BCUT2D eigenvalue weighted by Crippen LogP contribution is 2.41. The van der Waals surface area contributed by atoms with Gasteiger partial charge in [-0.25, -0.2) is 0 Å². The number of methoxy groups -OCH3 is 1. The Kier molecular flexibility index (Phi) is 8.66. The Hall–Kier alpha value is -0.580. The fraction of sp³-hybridized carbons (Fsp3) is 0.882. The molecule has 22 heavy (non-hydrogen) atoms. The van der Waals surface area contributed by atoms with Gasteiger partial charge in [-0.2, -0.15) is 0 Å². The summed E-state index contributed by atoms with van der Waals surface area (Å²) in [6.07, 6.45) is 2.40. The van der Waals surface area contributed by atoms with Gasteiger partial charge in [0.2, 0.25) is 0 Å². The molecule has 0 N–H and O–H groups in total. The first-order valence-corrected chi connectivity index (χ1v) is 8.70. The summed E-state index contributed by atoms with van der Waals surface area (Å²) in [5, 5.41) is 0. The number of carbonyl (C=O) groups is 2. The Bertz CT molecular complexity index is 371. The molecule has 0 rings (SSSR count). The molecule has 0 fully saturated rings. The van der Waals surface area contributed by atoms with Crippen LogP contribution in [0.3, 0.4) is 0 Å². The number of unbranched alkanes of at least 4 members (excludes halogenated alkanes) is 1. The number of rotatable bonds is 9. The minimum Gasteiger partial charge on any atom is -0.469 e. The molecule has 2 unspecified atom stereocenters. The van der Waals surface area contributed by atoms with Crippen LogP contribution < -0.4 is 0 Å². The summed E-state index contributed by atoms with van der Waals surface area (Å²) in [6.45, 7) is 12.2. The molecule has 0 saturated heterocycles. The number of halogens is 1. The van der Waals surface area contributed by atoms with Gasteiger partial charge in [0, 0.05) is 4.32 Å². The molecule has 5 heteroatoms. The molecule has 0 amide bonds. The molecule has 4 nitrogen and oxygen atoms in total. The molecular formula is C17H31BrO4. The number of carbonyl (C=O) groups excluding carboxylic acids is 2. The van der Waals surface area contributed by atoms with Gasteiger partial charge in [-0.3, -0.25) is 9.59 Å². The van der Waals surface area contributed by atoms with Crippen LogP contribution >= 0.6 is 15.9 Å². The van der Waals surface area contributed by atoms with Crippen LogP contribution in [0, 0.1) is 17.3 Å². The van der Waals surface area contributed by atoms with E-state index in [1.54, 1.807) is 0 Å². The molecule has 0 aromatic carbocycles. The van der Waals surface area contributed by atoms with E-state index in [1.165, 1.54) is 7.11 Å². The summed E-state index contributed by atoms with van der Waals surface area (Å²) in [7, 11) is 1.39. The molecule has 0 saturated carbocycles. The molecule has 0 spiro atoms. The summed E-state index contributed by atoms with van der Waals surface area (Å²) in [5.41, 5.74) is -0.368. The van der Waals surface area contributed by atoms with E-state index in [1.807, 2.05) is 34.6 Å². The largest absolute Gasteiger partial charge is 0.469 e. The lowest BCUT2D eigenvalue weighted by Crippen LogP contribution is -2.40. The molecular weight excluding hydrogens is 348 g/mol. The minimum atomic E-state index is -0.399. The quantitative estimate of drug-likeness (QED) is 0.340. The van der Waals surface area contributed by atoms with Crippen LogP contribution in [-0.2, 0) is 19.1 Å². The Morgan fingerprint density at radius 3 is 2.09 bits per heavy atom. The standard InChI is InChI=1S/C17H31BrO4/c1-8-9-10-22-15(20)13(17(5,6)18)11-16(3,4)12(2)14(19)21-7/h12-13H,8-11H2,1-7H3. The highest BCUT2D eigenvalue weighted by atomic mass is 79.9. The molecule has 0 aliphatic rings. The smallest absolute Gasteiger partial charge is 0.310 e. The van der Waals surface area contributed by atoms with Crippen LogP contribution in [-0.4, -0.2) is 30.0 Å². The normalized spacial score (nSPS) is 15.1. The van der Waals surface area contributed by atoms with Gasteiger partial charge < -0.3 is 9.47 Å². The predicted molar refractivity (Wildman–Crippen MR) is 91.9 cm³/mol. The molecule has 0 radical (unpaired) electrons. The molecule has 0 heterocycles. The van der Waals surface area contributed by atoms with Crippen LogP contribution in [0.4, 0.5) is 0 Å². The van der Waals surface area contributed by atoms with Gasteiger partial charge in [0.1, 0.15) is 0 Å². The lowest BCUT2D eigenvalue weighted by atomic mass is 9.71. The van der Waals surface area contributed by atoms with Gasteiger partial charge in [-0.15, -0.1) is 0 Å². The van der Waals surface area contributed by atoms with Crippen molar-refractivity contribution in [2.75, 3.05) is 13.7 Å². The molecule has 0 aromatic heterocycles. The van der Waals surface area contributed by atoms with Gasteiger partial charge in [0.25, 0.3) is 0 Å². The third-order valence-electron chi connectivity index (χ3n) is 4.31. The van der Waals surface area contributed by atoms with E-state index in [9.17, 15) is 9.59 Å². The predicted octanol–water partition coefficient (Wildman–Crippen LogP) is 4.34. The maximum absolute atomic E-state index is 12.4. The van der Waals surface area contributed by atoms with Crippen molar-refractivity contribution in [1.29, 1.82) is 0 Å². The van der Waals surface area contributed by atoms with E-state index in [0.29, 0.717) is 13.0 Å². The van der Waals surface area contributed by atoms with Crippen molar-refractivity contribution in [3.05, 3.63) is 0 Å². The monoisotopic (exact) mass is 378 g/mol. The summed E-state index contributed by atoms with van der Waals surface area (Å²) >= 11 is 3.59. The first-order valence-electron chi connectivity index (χ1n) is 7.90. The summed E-state index contributed by atoms with van der Waals surface area (Å²) in [6, 6.07) is 0. The van der Waals surface area contributed by atoms with Crippen molar-refractivity contribution in [3.8, 4) is 0 Å². The SMILES string of the molecule is CCCCOC(=O)C(CC(C)(C)C(C)C(=O)OC)C(C)(C)Br. The Morgan fingerprint density at radius 2 is 1.68 bits per heavy atom. The van der Waals surface area contributed by atoms with Crippen molar-refractivity contribution in [3.63, 3.8) is 0 Å². The van der Waals surface area contributed by atoms with Gasteiger partial charge in [-0.1, -0.05) is 50.0 Å². The third-order valence-corrected chi connectivity index (χ3v) is 4.87. The second-order valence-corrected chi connectivity index (χ2v) is 9.12. The van der Waals surface area contributed by atoms with Crippen molar-refractivity contribution in [2.24, 2.45) is 17.3 Å². The summed E-state index contributed by atoms with van der Waals surface area (Å²) in [5.74, 6) is -1.08. The Balaban J connectivity index is 5.07. The highest BCUT2D eigenvalue weighted by molar-refractivity contribution is 9.10. The molecule has 0 aliphatic carbocycles. The van der Waals surface area contributed by atoms with Crippen LogP contribution in [0.15, 0.2) is 0 Å². The van der Waals surface area contributed by atoms with Crippen molar-refractivity contribution in [2.45, 2.75) is 65.1 Å². The van der Waals surface area contributed by atoms with Crippen molar-refractivity contribution < 1.29 is 19.1 Å². The van der Waals surface area contributed by atoms with E-state index in [4.69, 9.17) is 9.47 Å². The molecule has 0 aromatic rings. The molecule has 0 bridgehead atoms. The van der Waals surface area contributed by atoms with E-state index >= 15 is 0 Å². The average Bonchev–Trinajstić information content (AvgIpc) is 2.42. The number of hydrogen-bond donors (Lipinski definition) is 0. The van der Waals surface area contributed by atoms with E-state index < -0.39 is 4.32 Å². The Morgan fingerprint density at radius 1 is 1.14 bits per heavy atom. The van der Waals surface area contributed by atoms with Gasteiger partial charge in [0.05, 0.1) is 25.6 Å². The zero-order chi connectivity index (χ0) is 17.6. The topological polar surface area (TPSA) is 52.6 Å². The van der Waals surface area contributed by atoms with Gasteiger partial charge >= 0.3 is 11.9 Å². The fourth-order valence-corrected chi connectivity index (χ4v) is 2.57. The number of esters is 2. The van der Waals surface area contributed by atoms with Crippen LogP contribution in [0.25, 0.3) is 0 Å². The lowest BCUT2D eigenvalue weighted by Gasteiger charge is -2.37. The van der Waals surface area contributed by atoms with Crippen molar-refractivity contribution in [1.82, 2.24) is 0 Å². The first kappa shape index (κ1) is 21.4. The minimum absolute atomic E-state index is 0.208. The second-order valence-electron chi connectivity index (χ2n) is 7.08. The number of ether oxygens (including phenoxy) is 2. The van der Waals surface area contributed by atoms with Crippen LogP contribution in [0.1, 0.15) is 60.8 Å². The van der Waals surface area contributed by atoms with E-state index in [-0.39, 0.29) is 29.2 Å². The average molecular weight is 379 g/mol. The van der Waals surface area contributed by atoms with Crippen LogP contribution in [0.5, 0.6) is 0 Å². The maximum Gasteiger partial charge on any atom is 0.310 e. The van der Waals surface area contributed by atoms with E-state index in [0.717, 1.165) is 12.8 Å². The Labute approximate surface area is 143 Å². The molecule has 2 atom stereocenters. The fourth-order valence-electron chi connectivity index (χ4n) is 2.22. The first-order chi connectivity index (χ1) is 9.97. The zero-order valence-electron chi connectivity index (χ0n) is 15.0. The van der Waals surface area contributed by atoms with E-state index in [2.05, 4.69) is 22.9 Å². The molecule has 130 valence electrons. The van der Waals surface area contributed by atoms with Crippen LogP contribution in [0.2, 0.25) is 0 Å². The summed E-state index contributed by atoms with van der Waals surface area (Å²) in [4.78, 5) is 24.3. The van der Waals surface area contributed by atoms with Gasteiger partial charge in [-0.05, 0) is 32.1 Å². The number of alkyl halides is 1. The number of hydrogen-bond acceptors (Lipinski definition) is 4. The van der Waals surface area contributed by atoms with Crippen molar-refractivity contribution >= 4 is 27.9 Å². The molecule has 0 aliphatic heterocycles. The maximum atomic E-state index is 12.4. The highest BCUT2D eigenvalue weighted by Gasteiger charge is 2.42. The third kappa shape index (κ3) is 6.67.